The molecule has 1 aromatic carbocycles. The summed E-state index contributed by atoms with van der Waals surface area (Å²) in [6.45, 7) is 1.18. The number of hydrogen-bond donors (Lipinski definition) is 3. The molecule has 156 valence electrons. The first-order chi connectivity index (χ1) is 14.3. The zero-order valence-electron chi connectivity index (χ0n) is 16.2. The fourth-order valence-electron chi connectivity index (χ4n) is 2.79. The molecule has 0 fully saturated rings. The lowest BCUT2D eigenvalue weighted by molar-refractivity contribution is -0.139. The highest BCUT2D eigenvalue weighted by atomic mass is 19.1. The molecule has 0 saturated carbocycles. The molecule has 30 heavy (non-hydrogen) atoms. The van der Waals surface area contributed by atoms with Gasteiger partial charge in [0.05, 0.1) is 12.7 Å². The molecule has 3 N–H and O–H groups in total. The topological polar surface area (TPSA) is 122 Å². The number of carboxylic acids is 1. The SMILES string of the molecule is COC(=O)CNc1c(-c2ccc(F)cc2)nc2c(C(=O)NC(C)C(=O)O)cccn12. The van der Waals surface area contributed by atoms with Crippen LogP contribution in [0.1, 0.15) is 17.3 Å². The van der Waals surface area contributed by atoms with Crippen molar-refractivity contribution in [3.8, 4) is 11.3 Å². The number of halogens is 1. The van der Waals surface area contributed by atoms with Crippen LogP contribution in [0.25, 0.3) is 16.9 Å². The monoisotopic (exact) mass is 414 g/mol. The number of hydrogen-bond acceptors (Lipinski definition) is 6. The highest BCUT2D eigenvalue weighted by Crippen LogP contribution is 2.30. The first-order valence-electron chi connectivity index (χ1n) is 8.93. The summed E-state index contributed by atoms with van der Waals surface area (Å²) >= 11 is 0. The van der Waals surface area contributed by atoms with Gasteiger partial charge in [-0.25, -0.2) is 9.37 Å². The van der Waals surface area contributed by atoms with Crippen LogP contribution in [0.2, 0.25) is 0 Å². The second-order valence-electron chi connectivity index (χ2n) is 6.39. The number of ether oxygens (including phenoxy) is 1. The number of pyridine rings is 1. The molecule has 1 atom stereocenters. The number of imidazole rings is 1. The first-order valence-corrected chi connectivity index (χ1v) is 8.93. The average Bonchev–Trinajstić information content (AvgIpc) is 3.10. The summed E-state index contributed by atoms with van der Waals surface area (Å²) in [5.74, 6) is -2.34. The summed E-state index contributed by atoms with van der Waals surface area (Å²) in [6, 6.07) is 7.58. The number of amides is 1. The Hall–Kier alpha value is -3.95. The van der Waals surface area contributed by atoms with Crippen LogP contribution in [0.3, 0.4) is 0 Å². The number of anilines is 1. The van der Waals surface area contributed by atoms with Gasteiger partial charge in [0, 0.05) is 11.8 Å². The lowest BCUT2D eigenvalue weighted by Crippen LogP contribution is -2.38. The van der Waals surface area contributed by atoms with E-state index in [2.05, 4.69) is 20.4 Å². The number of nitrogens with zero attached hydrogens (tertiary/aromatic N) is 2. The molecule has 3 rings (SSSR count). The number of carboxylic acid groups (broad SMARTS) is 1. The van der Waals surface area contributed by atoms with Gasteiger partial charge < -0.3 is 20.5 Å². The Labute approximate surface area is 170 Å². The molecule has 2 heterocycles. The third-order valence-corrected chi connectivity index (χ3v) is 4.36. The van der Waals surface area contributed by atoms with Crippen molar-refractivity contribution in [2.24, 2.45) is 0 Å². The van der Waals surface area contributed by atoms with Crippen LogP contribution < -0.4 is 10.6 Å². The Balaban J connectivity index is 2.11. The summed E-state index contributed by atoms with van der Waals surface area (Å²) < 4.78 is 19.6. The van der Waals surface area contributed by atoms with Gasteiger partial charge in [0.2, 0.25) is 0 Å². The number of carbonyl (C=O) groups excluding carboxylic acids is 2. The van der Waals surface area contributed by atoms with Gasteiger partial charge in [-0.3, -0.25) is 18.8 Å². The number of methoxy groups -OCH3 is 1. The molecule has 0 aliphatic heterocycles. The zero-order valence-corrected chi connectivity index (χ0v) is 16.2. The molecular formula is C20H19FN4O5. The van der Waals surface area contributed by atoms with Crippen molar-refractivity contribution in [3.63, 3.8) is 0 Å². The third kappa shape index (κ3) is 4.22. The Morgan fingerprint density at radius 3 is 2.57 bits per heavy atom. The molecule has 0 radical (unpaired) electrons. The fourth-order valence-corrected chi connectivity index (χ4v) is 2.79. The number of rotatable bonds is 7. The summed E-state index contributed by atoms with van der Waals surface area (Å²) in [5, 5.41) is 14.4. The molecular weight excluding hydrogens is 395 g/mol. The van der Waals surface area contributed by atoms with E-state index in [1.165, 1.54) is 44.4 Å². The number of fused-ring (bicyclic) bond motifs is 1. The van der Waals surface area contributed by atoms with E-state index in [0.29, 0.717) is 17.1 Å². The van der Waals surface area contributed by atoms with Crippen LogP contribution in [0.5, 0.6) is 0 Å². The normalized spacial score (nSPS) is 11.7. The van der Waals surface area contributed by atoms with Gasteiger partial charge in [-0.05, 0) is 43.3 Å². The Bertz CT molecular complexity index is 1110. The molecule has 9 nitrogen and oxygen atoms in total. The van der Waals surface area contributed by atoms with Gasteiger partial charge in [-0.15, -0.1) is 0 Å². The fraction of sp³-hybridized carbons (Fsp3) is 0.200. The van der Waals surface area contributed by atoms with E-state index in [1.54, 1.807) is 16.7 Å². The Kier molecular flexibility index (Phi) is 5.95. The van der Waals surface area contributed by atoms with E-state index in [0.717, 1.165) is 0 Å². The molecule has 3 aromatic rings. The molecule has 0 bridgehead atoms. The van der Waals surface area contributed by atoms with E-state index in [9.17, 15) is 18.8 Å². The van der Waals surface area contributed by atoms with Crippen molar-refractivity contribution in [2.45, 2.75) is 13.0 Å². The van der Waals surface area contributed by atoms with Gasteiger partial charge >= 0.3 is 11.9 Å². The smallest absolute Gasteiger partial charge is 0.325 e. The highest BCUT2D eigenvalue weighted by molar-refractivity contribution is 6.02. The number of carbonyl (C=O) groups is 3. The van der Waals surface area contributed by atoms with Gasteiger partial charge in [-0.2, -0.15) is 0 Å². The predicted octanol–water partition coefficient (Wildman–Crippen LogP) is 1.93. The molecule has 0 aliphatic carbocycles. The van der Waals surface area contributed by atoms with Crippen LogP contribution in [0.15, 0.2) is 42.6 Å². The maximum absolute atomic E-state index is 13.4. The lowest BCUT2D eigenvalue weighted by atomic mass is 10.1. The predicted molar refractivity (Wildman–Crippen MR) is 106 cm³/mol. The van der Waals surface area contributed by atoms with Gasteiger partial charge in [0.1, 0.15) is 29.9 Å². The number of benzene rings is 1. The molecule has 10 heteroatoms. The van der Waals surface area contributed by atoms with Crippen molar-refractivity contribution >= 4 is 29.3 Å². The van der Waals surface area contributed by atoms with Crippen molar-refractivity contribution in [3.05, 3.63) is 54.0 Å². The summed E-state index contributed by atoms with van der Waals surface area (Å²) in [7, 11) is 1.26. The average molecular weight is 414 g/mol. The third-order valence-electron chi connectivity index (χ3n) is 4.36. The second kappa shape index (κ2) is 8.60. The first kappa shape index (κ1) is 20.8. The van der Waals surface area contributed by atoms with Crippen molar-refractivity contribution in [1.82, 2.24) is 14.7 Å². The van der Waals surface area contributed by atoms with E-state index < -0.39 is 29.7 Å². The molecule has 1 amide bonds. The molecule has 1 unspecified atom stereocenters. The number of nitrogens with one attached hydrogen (secondary N) is 2. The molecule has 0 aliphatic rings. The van der Waals surface area contributed by atoms with Gasteiger partial charge in [0.15, 0.2) is 5.65 Å². The van der Waals surface area contributed by atoms with E-state index in [1.807, 2.05) is 0 Å². The van der Waals surface area contributed by atoms with Crippen LogP contribution in [0, 0.1) is 5.82 Å². The van der Waals surface area contributed by atoms with E-state index >= 15 is 0 Å². The molecule has 0 spiro atoms. The van der Waals surface area contributed by atoms with Crippen LogP contribution in [0.4, 0.5) is 10.2 Å². The summed E-state index contributed by atoms with van der Waals surface area (Å²) in [5.41, 5.74) is 1.31. The standard InChI is InChI=1S/C20H19FN4O5/c1-11(20(28)29)23-19(27)14-4-3-9-25-17(14)24-16(12-5-7-13(21)8-6-12)18(25)22-10-15(26)30-2/h3-9,11,22H,10H2,1-2H3,(H,23,27)(H,28,29). The molecule has 0 saturated heterocycles. The summed E-state index contributed by atoms with van der Waals surface area (Å²) in [6.07, 6.45) is 1.63. The van der Waals surface area contributed by atoms with Crippen LogP contribution >= 0.6 is 0 Å². The Morgan fingerprint density at radius 2 is 1.93 bits per heavy atom. The van der Waals surface area contributed by atoms with Gasteiger partial charge in [0.25, 0.3) is 5.91 Å². The van der Waals surface area contributed by atoms with Crippen LogP contribution in [-0.4, -0.2) is 52.0 Å². The maximum Gasteiger partial charge on any atom is 0.325 e. The minimum atomic E-state index is -1.17. The number of esters is 1. The van der Waals surface area contributed by atoms with Gasteiger partial charge in [-0.1, -0.05) is 0 Å². The maximum atomic E-state index is 13.4. The quantitative estimate of drug-likeness (QED) is 0.505. The van der Waals surface area contributed by atoms with Crippen molar-refractivity contribution in [1.29, 1.82) is 0 Å². The second-order valence-corrected chi connectivity index (χ2v) is 6.39. The minimum Gasteiger partial charge on any atom is -0.480 e. The van der Waals surface area contributed by atoms with E-state index in [-0.39, 0.29) is 17.8 Å². The lowest BCUT2D eigenvalue weighted by Gasteiger charge is -2.10. The van der Waals surface area contributed by atoms with Crippen molar-refractivity contribution in [2.75, 3.05) is 19.0 Å². The summed E-state index contributed by atoms with van der Waals surface area (Å²) in [4.78, 5) is 39.8. The number of aliphatic carboxylic acids is 1. The zero-order chi connectivity index (χ0) is 21.8. The highest BCUT2D eigenvalue weighted by Gasteiger charge is 2.22. The number of aromatic nitrogens is 2. The van der Waals surface area contributed by atoms with Crippen molar-refractivity contribution < 1.29 is 28.6 Å². The Morgan fingerprint density at radius 1 is 1.23 bits per heavy atom. The largest absolute Gasteiger partial charge is 0.480 e. The molecule has 2 aromatic heterocycles. The minimum absolute atomic E-state index is 0.139. The van der Waals surface area contributed by atoms with E-state index in [4.69, 9.17) is 5.11 Å². The van der Waals surface area contributed by atoms with Crippen LogP contribution in [-0.2, 0) is 14.3 Å².